The average Bonchev–Trinajstić information content (AvgIpc) is 2.37. The van der Waals surface area contributed by atoms with Gasteiger partial charge in [0.2, 0.25) is 0 Å². The minimum atomic E-state index is -1.32. The number of ether oxygens (including phenoxy) is 2. The lowest BCUT2D eigenvalue weighted by atomic mass is 9.88. The number of rotatable bonds is 6. The summed E-state index contributed by atoms with van der Waals surface area (Å²) in [6, 6.07) is 4.24. The maximum Gasteiger partial charge on any atom is 0.319 e. The molecule has 6 heteroatoms. The first-order valence-corrected chi connectivity index (χ1v) is 6.86. The summed E-state index contributed by atoms with van der Waals surface area (Å²) in [5.41, 5.74) is -1.32. The molecule has 20 heavy (non-hydrogen) atoms. The van der Waals surface area contributed by atoms with Gasteiger partial charge in [0, 0.05) is 4.47 Å². The molecule has 0 atom stereocenters. The second kappa shape index (κ2) is 6.83. The molecule has 0 saturated carbocycles. The van der Waals surface area contributed by atoms with Crippen LogP contribution in [-0.4, -0.2) is 25.0 Å². The predicted octanol–water partition coefficient (Wildman–Crippen LogP) is 3.13. The summed E-state index contributed by atoms with van der Waals surface area (Å²) in [5.74, 6) is -1.72. The van der Waals surface area contributed by atoms with Crippen LogP contribution < -0.4 is 4.74 Å². The first kappa shape index (κ1) is 16.6. The highest BCUT2D eigenvalue weighted by Gasteiger charge is 2.37. The van der Waals surface area contributed by atoms with Crippen molar-refractivity contribution in [2.24, 2.45) is 5.41 Å². The van der Waals surface area contributed by atoms with Gasteiger partial charge in [0.25, 0.3) is 0 Å². The van der Waals surface area contributed by atoms with Gasteiger partial charge in [-0.2, -0.15) is 0 Å². The van der Waals surface area contributed by atoms with E-state index in [-0.39, 0.29) is 12.4 Å². The molecule has 4 nitrogen and oxygen atoms in total. The normalized spacial score (nSPS) is 11.1. The third-order valence-electron chi connectivity index (χ3n) is 2.74. The molecule has 0 saturated heterocycles. The molecule has 0 aliphatic carbocycles. The van der Waals surface area contributed by atoms with Gasteiger partial charge in [-0.1, -0.05) is 15.9 Å². The molecule has 1 rings (SSSR count). The van der Waals surface area contributed by atoms with E-state index < -0.39 is 29.6 Å². The number of esters is 1. The number of benzene rings is 1. The first-order valence-electron chi connectivity index (χ1n) is 6.07. The summed E-state index contributed by atoms with van der Waals surface area (Å²) < 4.78 is 24.0. The third kappa shape index (κ3) is 4.03. The van der Waals surface area contributed by atoms with Crippen molar-refractivity contribution in [3.8, 4) is 5.75 Å². The van der Waals surface area contributed by atoms with Gasteiger partial charge in [-0.3, -0.25) is 9.59 Å². The van der Waals surface area contributed by atoms with Crippen LogP contribution in [0.3, 0.4) is 0 Å². The topological polar surface area (TPSA) is 52.6 Å². The number of halogens is 2. The van der Waals surface area contributed by atoms with Gasteiger partial charge in [0.1, 0.15) is 12.0 Å². The lowest BCUT2D eigenvalue weighted by molar-refractivity contribution is -0.158. The molecule has 1 aromatic carbocycles. The molecule has 0 aliphatic rings. The van der Waals surface area contributed by atoms with Gasteiger partial charge in [-0.05, 0) is 39.0 Å². The van der Waals surface area contributed by atoms with E-state index in [9.17, 15) is 14.0 Å². The van der Waals surface area contributed by atoms with Crippen LogP contribution in [0.2, 0.25) is 0 Å². The van der Waals surface area contributed by atoms with Crippen molar-refractivity contribution in [2.45, 2.75) is 20.8 Å². The molecule has 110 valence electrons. The summed E-state index contributed by atoms with van der Waals surface area (Å²) in [4.78, 5) is 23.6. The van der Waals surface area contributed by atoms with Crippen molar-refractivity contribution in [1.29, 1.82) is 0 Å². The fraction of sp³-hybridized carbons (Fsp3) is 0.429. The van der Waals surface area contributed by atoms with Crippen molar-refractivity contribution in [3.63, 3.8) is 0 Å². The number of Topliss-reactive ketones (excluding diaryl/α,β-unsaturated/α-hetero) is 1. The molecule has 0 spiro atoms. The Hall–Kier alpha value is -1.43. The highest BCUT2D eigenvalue weighted by molar-refractivity contribution is 9.10. The van der Waals surface area contributed by atoms with E-state index >= 15 is 0 Å². The van der Waals surface area contributed by atoms with Crippen molar-refractivity contribution in [1.82, 2.24) is 0 Å². The molecule has 0 heterocycles. The van der Waals surface area contributed by atoms with Crippen LogP contribution in [0, 0.1) is 11.2 Å². The summed E-state index contributed by atoms with van der Waals surface area (Å²) in [7, 11) is 0. The summed E-state index contributed by atoms with van der Waals surface area (Å²) in [6.07, 6.45) is 0. The maximum atomic E-state index is 13.5. The molecule has 0 aromatic heterocycles. The minimum absolute atomic E-state index is 0.0405. The summed E-state index contributed by atoms with van der Waals surface area (Å²) in [6.45, 7) is 4.36. The summed E-state index contributed by atoms with van der Waals surface area (Å²) >= 11 is 3.12. The van der Waals surface area contributed by atoms with E-state index in [0.29, 0.717) is 4.47 Å². The summed E-state index contributed by atoms with van der Waals surface area (Å²) in [5, 5.41) is 0. The molecule has 0 bridgehead atoms. The highest BCUT2D eigenvalue weighted by Crippen LogP contribution is 2.23. The minimum Gasteiger partial charge on any atom is -0.483 e. The van der Waals surface area contributed by atoms with Crippen LogP contribution in [0.15, 0.2) is 22.7 Å². The van der Waals surface area contributed by atoms with Gasteiger partial charge >= 0.3 is 5.97 Å². The molecule has 1 aromatic rings. The van der Waals surface area contributed by atoms with Crippen molar-refractivity contribution in [3.05, 3.63) is 28.5 Å². The molecule has 0 N–H and O–H groups in total. The number of carbonyl (C=O) groups excluding carboxylic acids is 2. The van der Waals surface area contributed by atoms with Crippen LogP contribution in [-0.2, 0) is 14.3 Å². The Morgan fingerprint density at radius 3 is 2.55 bits per heavy atom. The van der Waals surface area contributed by atoms with Crippen LogP contribution in [0.1, 0.15) is 20.8 Å². The molecule has 0 radical (unpaired) electrons. The van der Waals surface area contributed by atoms with Crippen molar-refractivity contribution >= 4 is 27.7 Å². The van der Waals surface area contributed by atoms with Gasteiger partial charge in [0.05, 0.1) is 6.61 Å². The van der Waals surface area contributed by atoms with Crippen LogP contribution >= 0.6 is 15.9 Å². The number of carbonyl (C=O) groups is 2. The molecule has 0 amide bonds. The van der Waals surface area contributed by atoms with E-state index in [1.165, 1.54) is 26.0 Å². The zero-order valence-electron chi connectivity index (χ0n) is 11.5. The van der Waals surface area contributed by atoms with Gasteiger partial charge in [-0.15, -0.1) is 0 Å². The average molecular weight is 347 g/mol. The molecular formula is C14H16BrFO4. The zero-order valence-corrected chi connectivity index (χ0v) is 13.1. The fourth-order valence-electron chi connectivity index (χ4n) is 1.34. The van der Waals surface area contributed by atoms with Crippen LogP contribution in [0.4, 0.5) is 4.39 Å². The largest absolute Gasteiger partial charge is 0.483 e. The number of hydrogen-bond donors (Lipinski definition) is 0. The Labute approximate surface area is 125 Å². The highest BCUT2D eigenvalue weighted by atomic mass is 79.9. The number of ketones is 1. The third-order valence-corrected chi connectivity index (χ3v) is 3.23. The molecule has 0 fully saturated rings. The predicted molar refractivity (Wildman–Crippen MR) is 75.0 cm³/mol. The fourth-order valence-corrected chi connectivity index (χ4v) is 1.67. The van der Waals surface area contributed by atoms with E-state index in [1.807, 2.05) is 0 Å². The Morgan fingerprint density at radius 1 is 1.35 bits per heavy atom. The smallest absolute Gasteiger partial charge is 0.319 e. The monoisotopic (exact) mass is 346 g/mol. The van der Waals surface area contributed by atoms with E-state index in [1.54, 1.807) is 13.0 Å². The molecule has 0 unspecified atom stereocenters. The Morgan fingerprint density at radius 2 is 2.00 bits per heavy atom. The second-order valence-electron chi connectivity index (χ2n) is 4.63. The van der Waals surface area contributed by atoms with Gasteiger partial charge in [-0.25, -0.2) is 4.39 Å². The standard InChI is InChI=1S/C14H16BrFO4/c1-4-19-13(18)14(2,3)12(17)8-20-11-6-5-9(15)7-10(11)16/h5-7H,4,8H2,1-3H3. The SMILES string of the molecule is CCOC(=O)C(C)(C)C(=O)COc1ccc(Br)cc1F. The molecular weight excluding hydrogens is 331 g/mol. The van der Waals surface area contributed by atoms with Crippen LogP contribution in [0.5, 0.6) is 5.75 Å². The van der Waals surface area contributed by atoms with Crippen molar-refractivity contribution in [2.75, 3.05) is 13.2 Å². The van der Waals surface area contributed by atoms with Gasteiger partial charge < -0.3 is 9.47 Å². The Bertz CT molecular complexity index is 514. The quantitative estimate of drug-likeness (QED) is 0.586. The number of hydrogen-bond acceptors (Lipinski definition) is 4. The Kier molecular flexibility index (Phi) is 5.68. The van der Waals surface area contributed by atoms with E-state index in [0.717, 1.165) is 0 Å². The lowest BCUT2D eigenvalue weighted by Gasteiger charge is -2.20. The van der Waals surface area contributed by atoms with Crippen LogP contribution in [0.25, 0.3) is 0 Å². The second-order valence-corrected chi connectivity index (χ2v) is 5.55. The van der Waals surface area contributed by atoms with E-state index in [4.69, 9.17) is 9.47 Å². The van der Waals surface area contributed by atoms with E-state index in [2.05, 4.69) is 15.9 Å². The lowest BCUT2D eigenvalue weighted by Crippen LogP contribution is -2.38. The zero-order chi connectivity index (χ0) is 15.3. The van der Waals surface area contributed by atoms with Gasteiger partial charge in [0.15, 0.2) is 17.3 Å². The molecule has 0 aliphatic heterocycles. The Balaban J connectivity index is 2.69. The maximum absolute atomic E-state index is 13.5. The first-order chi connectivity index (χ1) is 9.28. The van der Waals surface area contributed by atoms with Crippen molar-refractivity contribution < 1.29 is 23.5 Å².